The molecular formula is C27H33N3O4. The molecule has 2 bridgehead atoms. The lowest BCUT2D eigenvalue weighted by Crippen LogP contribution is -2.47. The first kappa shape index (κ1) is 22.7. The Balaban J connectivity index is 1.23. The lowest BCUT2D eigenvalue weighted by Gasteiger charge is -2.42. The lowest BCUT2D eigenvalue weighted by atomic mass is 9.83. The molecule has 34 heavy (non-hydrogen) atoms. The summed E-state index contributed by atoms with van der Waals surface area (Å²) in [5.41, 5.74) is 3.58. The number of benzene rings is 1. The van der Waals surface area contributed by atoms with E-state index in [1.807, 2.05) is 33.7 Å². The van der Waals surface area contributed by atoms with Gasteiger partial charge in [-0.15, -0.1) is 0 Å². The average Bonchev–Trinajstić information content (AvgIpc) is 2.84. The molecule has 3 aliphatic rings. The Bertz CT molecular complexity index is 1170. The van der Waals surface area contributed by atoms with Gasteiger partial charge in [0.05, 0.1) is 20.3 Å². The van der Waals surface area contributed by atoms with Gasteiger partial charge in [0, 0.05) is 56.5 Å². The van der Waals surface area contributed by atoms with Crippen LogP contribution in [0.4, 0.5) is 0 Å². The number of rotatable bonds is 5. The standard InChI is InChI=1S/C27H33N3O4/c1-18-22-14-25(34-3)24(33-2)13-20(22)9-11-29(18)26(31)8-5-10-28-15-19-12-21(17-28)23-6-4-7-27(32)30(23)16-19/h4-8,13-14,18-19,21H,9-12,15-17H2,1-3H3. The van der Waals surface area contributed by atoms with Gasteiger partial charge in [-0.25, -0.2) is 0 Å². The Morgan fingerprint density at radius 1 is 1.12 bits per heavy atom. The van der Waals surface area contributed by atoms with Crippen LogP contribution in [0.25, 0.3) is 0 Å². The van der Waals surface area contributed by atoms with Gasteiger partial charge in [-0.3, -0.25) is 14.5 Å². The van der Waals surface area contributed by atoms with Crippen LogP contribution in [0.5, 0.6) is 11.5 Å². The van der Waals surface area contributed by atoms with Crippen molar-refractivity contribution in [2.24, 2.45) is 5.92 Å². The molecule has 1 aromatic carbocycles. The zero-order valence-corrected chi connectivity index (χ0v) is 20.2. The minimum absolute atomic E-state index is 0.0233. The number of carbonyl (C=O) groups excluding carboxylic acids is 1. The maximum atomic E-state index is 13.1. The average molecular weight is 464 g/mol. The van der Waals surface area contributed by atoms with Gasteiger partial charge in [-0.05, 0) is 55.0 Å². The first-order valence-electron chi connectivity index (χ1n) is 12.1. The van der Waals surface area contributed by atoms with E-state index in [1.54, 1.807) is 26.4 Å². The number of piperidine rings is 1. The van der Waals surface area contributed by atoms with Crippen LogP contribution in [0.3, 0.4) is 0 Å². The van der Waals surface area contributed by atoms with Gasteiger partial charge in [0.1, 0.15) is 0 Å². The molecule has 0 N–H and O–H groups in total. The van der Waals surface area contributed by atoms with E-state index < -0.39 is 0 Å². The van der Waals surface area contributed by atoms with E-state index in [0.29, 0.717) is 24.1 Å². The maximum Gasteiger partial charge on any atom is 0.250 e. The molecule has 3 atom stereocenters. The molecule has 0 spiro atoms. The Morgan fingerprint density at radius 3 is 2.71 bits per heavy atom. The minimum Gasteiger partial charge on any atom is -0.493 e. The molecule has 0 saturated carbocycles. The molecule has 2 aromatic rings. The summed E-state index contributed by atoms with van der Waals surface area (Å²) in [6.45, 7) is 6.19. The molecular weight excluding hydrogens is 430 g/mol. The highest BCUT2D eigenvalue weighted by molar-refractivity contribution is 5.88. The summed E-state index contributed by atoms with van der Waals surface area (Å²) in [4.78, 5) is 29.6. The predicted molar refractivity (Wildman–Crippen MR) is 131 cm³/mol. The van der Waals surface area contributed by atoms with Crippen LogP contribution in [0.1, 0.15) is 42.1 Å². The Labute approximate surface area is 200 Å². The van der Waals surface area contributed by atoms with Crippen molar-refractivity contribution in [1.82, 2.24) is 14.4 Å². The Hall–Kier alpha value is -3.06. The van der Waals surface area contributed by atoms with Crippen LogP contribution in [0, 0.1) is 5.92 Å². The summed E-state index contributed by atoms with van der Waals surface area (Å²) in [6, 6.07) is 9.62. The van der Waals surface area contributed by atoms with Crippen molar-refractivity contribution < 1.29 is 14.3 Å². The number of ether oxygens (including phenoxy) is 2. The summed E-state index contributed by atoms with van der Waals surface area (Å²) in [5, 5.41) is 0. The van der Waals surface area contributed by atoms with Crippen LogP contribution in [-0.2, 0) is 17.8 Å². The van der Waals surface area contributed by atoms with Crippen LogP contribution >= 0.6 is 0 Å². The summed E-state index contributed by atoms with van der Waals surface area (Å²) in [7, 11) is 3.28. The molecule has 0 radical (unpaired) electrons. The summed E-state index contributed by atoms with van der Waals surface area (Å²) in [6.07, 6.45) is 5.67. The number of nitrogens with zero attached hydrogens (tertiary/aromatic N) is 3. The summed E-state index contributed by atoms with van der Waals surface area (Å²) < 4.78 is 12.9. The maximum absolute atomic E-state index is 13.1. The van der Waals surface area contributed by atoms with E-state index in [9.17, 15) is 9.59 Å². The SMILES string of the molecule is COc1cc2c(cc1OC)C(C)N(C(=O)C=CCN1CC3CC(C1)c1cccc(=O)n1C3)CC2. The fourth-order valence-electron chi connectivity index (χ4n) is 5.99. The largest absolute Gasteiger partial charge is 0.493 e. The molecule has 7 heteroatoms. The van der Waals surface area contributed by atoms with Crippen molar-refractivity contribution in [3.05, 3.63) is 69.7 Å². The monoisotopic (exact) mass is 463 g/mol. The smallest absolute Gasteiger partial charge is 0.250 e. The number of hydrogen-bond acceptors (Lipinski definition) is 5. The van der Waals surface area contributed by atoms with Gasteiger partial charge >= 0.3 is 0 Å². The summed E-state index contributed by atoms with van der Waals surface area (Å²) in [5.74, 6) is 2.34. The lowest BCUT2D eigenvalue weighted by molar-refractivity contribution is -0.128. The third kappa shape index (κ3) is 4.13. The molecule has 3 unspecified atom stereocenters. The van der Waals surface area contributed by atoms with Crippen molar-refractivity contribution >= 4 is 5.91 Å². The molecule has 1 fully saturated rings. The fourth-order valence-corrected chi connectivity index (χ4v) is 5.99. The summed E-state index contributed by atoms with van der Waals surface area (Å²) >= 11 is 0. The number of pyridine rings is 1. The van der Waals surface area contributed by atoms with Gasteiger partial charge in [0.25, 0.3) is 5.56 Å². The van der Waals surface area contributed by atoms with Crippen LogP contribution in [0.2, 0.25) is 0 Å². The Morgan fingerprint density at radius 2 is 1.91 bits per heavy atom. The van der Waals surface area contributed by atoms with Crippen molar-refractivity contribution in [3.63, 3.8) is 0 Å². The van der Waals surface area contributed by atoms with Crippen molar-refractivity contribution in [2.75, 3.05) is 40.4 Å². The van der Waals surface area contributed by atoms with Gasteiger partial charge in [-0.2, -0.15) is 0 Å². The molecule has 1 aromatic heterocycles. The van der Waals surface area contributed by atoms with Crippen molar-refractivity contribution in [1.29, 1.82) is 0 Å². The molecule has 1 amide bonds. The van der Waals surface area contributed by atoms with Crippen LogP contribution in [0.15, 0.2) is 47.3 Å². The normalized spacial score (nSPS) is 24.0. The molecule has 4 heterocycles. The number of amides is 1. The number of hydrogen-bond donors (Lipinski definition) is 0. The van der Waals surface area contributed by atoms with E-state index in [4.69, 9.17) is 9.47 Å². The second-order valence-corrected chi connectivity index (χ2v) is 9.68. The second-order valence-electron chi connectivity index (χ2n) is 9.68. The fraction of sp³-hybridized carbons (Fsp3) is 0.481. The van der Waals surface area contributed by atoms with Crippen LogP contribution < -0.4 is 15.0 Å². The Kier molecular flexibility index (Phi) is 6.21. The van der Waals surface area contributed by atoms with E-state index in [1.165, 1.54) is 5.56 Å². The van der Waals surface area contributed by atoms with Crippen molar-refractivity contribution in [2.45, 2.75) is 38.3 Å². The van der Waals surface area contributed by atoms with Gasteiger partial charge in [-0.1, -0.05) is 12.1 Å². The second kappa shape index (κ2) is 9.29. The number of likely N-dealkylation sites (tertiary alicyclic amines) is 1. The van der Waals surface area contributed by atoms with E-state index in [0.717, 1.165) is 56.0 Å². The third-order valence-electron chi connectivity index (χ3n) is 7.65. The number of carbonyl (C=O) groups is 1. The topological polar surface area (TPSA) is 64.0 Å². The first-order valence-corrected chi connectivity index (χ1v) is 12.1. The van der Waals surface area contributed by atoms with E-state index in [-0.39, 0.29) is 17.5 Å². The molecule has 0 aliphatic carbocycles. The van der Waals surface area contributed by atoms with E-state index in [2.05, 4.69) is 17.9 Å². The third-order valence-corrected chi connectivity index (χ3v) is 7.65. The molecule has 5 rings (SSSR count). The predicted octanol–water partition coefficient (Wildman–Crippen LogP) is 2.99. The quantitative estimate of drug-likeness (QED) is 0.638. The zero-order valence-electron chi connectivity index (χ0n) is 20.2. The molecule has 1 saturated heterocycles. The van der Waals surface area contributed by atoms with Gasteiger partial charge < -0.3 is 18.9 Å². The van der Waals surface area contributed by atoms with Gasteiger partial charge in [0.15, 0.2) is 11.5 Å². The van der Waals surface area contributed by atoms with Crippen LogP contribution in [-0.4, -0.2) is 60.7 Å². The molecule has 3 aliphatic heterocycles. The van der Waals surface area contributed by atoms with Gasteiger partial charge in [0.2, 0.25) is 5.91 Å². The highest BCUT2D eigenvalue weighted by Gasteiger charge is 2.34. The highest BCUT2D eigenvalue weighted by atomic mass is 16.5. The zero-order chi connectivity index (χ0) is 23.8. The van der Waals surface area contributed by atoms with E-state index >= 15 is 0 Å². The number of fused-ring (bicyclic) bond motifs is 5. The first-order chi connectivity index (χ1) is 16.5. The number of methoxy groups -OCH3 is 2. The molecule has 7 nitrogen and oxygen atoms in total. The van der Waals surface area contributed by atoms with Crippen molar-refractivity contribution in [3.8, 4) is 11.5 Å². The highest BCUT2D eigenvalue weighted by Crippen LogP contribution is 2.38. The molecule has 180 valence electrons. The number of aromatic nitrogens is 1. The minimum atomic E-state index is -0.0233.